The highest BCUT2D eigenvalue weighted by atomic mass is 32.1. The first-order valence-electron chi connectivity index (χ1n) is 5.70. The molecule has 0 radical (unpaired) electrons. The molecule has 17 heavy (non-hydrogen) atoms. The Hall–Kier alpha value is -1.74. The maximum atomic E-state index is 2.29. The van der Waals surface area contributed by atoms with Gasteiger partial charge in [-0.3, -0.25) is 4.90 Å². The van der Waals surface area contributed by atoms with Gasteiger partial charge in [-0.25, -0.2) is 0 Å². The summed E-state index contributed by atoms with van der Waals surface area (Å²) in [5, 5.41) is 1.40. The first-order valence-corrected chi connectivity index (χ1v) is 6.51. The number of hydrogen-bond donors (Lipinski definition) is 0. The number of fused-ring (bicyclic) bond motifs is 2. The number of aryl methyl sites for hydroxylation is 1. The van der Waals surface area contributed by atoms with Crippen molar-refractivity contribution < 1.29 is 0 Å². The highest BCUT2D eigenvalue weighted by Crippen LogP contribution is 2.46. The van der Waals surface area contributed by atoms with Crippen molar-refractivity contribution in [2.45, 2.75) is 6.92 Å². The van der Waals surface area contributed by atoms with Crippen LogP contribution in [-0.4, -0.2) is 11.9 Å². The molecule has 0 unspecified atom stereocenters. The van der Waals surface area contributed by atoms with E-state index in [0.717, 1.165) is 0 Å². The first kappa shape index (κ1) is 9.31. The smallest absolute Gasteiger partial charge is 0.117 e. The maximum Gasteiger partial charge on any atom is 0.117 e. The first-order chi connectivity index (χ1) is 8.25. The van der Waals surface area contributed by atoms with Gasteiger partial charge in [-0.05, 0) is 24.6 Å². The van der Waals surface area contributed by atoms with Crippen molar-refractivity contribution in [3.63, 3.8) is 0 Å². The van der Waals surface area contributed by atoms with Gasteiger partial charge in [0.25, 0.3) is 0 Å². The lowest BCUT2D eigenvalue weighted by Crippen LogP contribution is -2.21. The average Bonchev–Trinajstić information content (AvgIpc) is 2.84. The zero-order valence-corrected chi connectivity index (χ0v) is 10.6. The summed E-state index contributed by atoms with van der Waals surface area (Å²) in [5.41, 5.74) is 2.70. The molecule has 3 heterocycles. The fourth-order valence-electron chi connectivity index (χ4n) is 2.68. The minimum absolute atomic E-state index is 1.24. The molecule has 2 nitrogen and oxygen atoms in total. The van der Waals surface area contributed by atoms with E-state index in [1.807, 2.05) is 11.3 Å². The van der Waals surface area contributed by atoms with Crippen molar-refractivity contribution in [1.29, 1.82) is 0 Å². The van der Waals surface area contributed by atoms with Gasteiger partial charge in [0.2, 0.25) is 0 Å². The van der Waals surface area contributed by atoms with Crippen molar-refractivity contribution in [2.24, 2.45) is 0 Å². The Bertz CT molecular complexity index is 694. The van der Waals surface area contributed by atoms with Gasteiger partial charge in [0, 0.05) is 34.4 Å². The van der Waals surface area contributed by atoms with Crippen LogP contribution in [0.3, 0.4) is 0 Å². The Labute approximate surface area is 104 Å². The molecule has 0 aliphatic carbocycles. The van der Waals surface area contributed by atoms with E-state index in [-0.39, 0.29) is 0 Å². The molecule has 0 atom stereocenters. The van der Waals surface area contributed by atoms with Crippen molar-refractivity contribution >= 4 is 33.2 Å². The summed E-state index contributed by atoms with van der Waals surface area (Å²) in [5.74, 6) is 1.24. The van der Waals surface area contributed by atoms with E-state index in [1.54, 1.807) is 0 Å². The highest BCUT2D eigenvalue weighted by Gasteiger charge is 2.27. The third-order valence-corrected chi connectivity index (χ3v) is 4.52. The summed E-state index contributed by atoms with van der Waals surface area (Å²) >= 11 is 1.88. The second kappa shape index (κ2) is 2.93. The van der Waals surface area contributed by atoms with Gasteiger partial charge in [-0.15, -0.1) is 11.3 Å². The summed E-state index contributed by atoms with van der Waals surface area (Å²) in [7, 11) is 2.09. The molecule has 0 fully saturated rings. The van der Waals surface area contributed by atoms with Crippen LogP contribution in [0.5, 0.6) is 0 Å². The van der Waals surface area contributed by atoms with Crippen LogP contribution in [0, 0.1) is 6.92 Å². The molecular weight excluding hydrogens is 228 g/mol. The van der Waals surface area contributed by atoms with E-state index in [4.69, 9.17) is 0 Å². The van der Waals surface area contributed by atoms with E-state index in [1.165, 1.54) is 32.0 Å². The zero-order chi connectivity index (χ0) is 11.6. The Morgan fingerprint density at radius 1 is 1.18 bits per heavy atom. The zero-order valence-electron chi connectivity index (χ0n) is 9.77. The van der Waals surface area contributed by atoms with Crippen LogP contribution in [0.15, 0.2) is 36.4 Å². The Morgan fingerprint density at radius 2 is 2.06 bits per heavy atom. The fraction of sp³-hybridized carbons (Fsp3) is 0.143. The Kier molecular flexibility index (Phi) is 1.60. The summed E-state index contributed by atoms with van der Waals surface area (Å²) in [6.07, 6.45) is 6.53. The van der Waals surface area contributed by atoms with Crippen LogP contribution in [-0.2, 0) is 0 Å². The molecule has 4 rings (SSSR count). The summed E-state index contributed by atoms with van der Waals surface area (Å²) in [4.78, 5) is 5.85. The van der Waals surface area contributed by atoms with Gasteiger partial charge >= 0.3 is 0 Å². The molecule has 1 aromatic heterocycles. The van der Waals surface area contributed by atoms with Crippen molar-refractivity contribution in [3.05, 3.63) is 46.9 Å². The number of nitrogens with zero attached hydrogens (tertiary/aromatic N) is 2. The number of hydrogen-bond acceptors (Lipinski definition) is 3. The van der Waals surface area contributed by atoms with E-state index in [0.29, 0.717) is 0 Å². The van der Waals surface area contributed by atoms with E-state index < -0.39 is 0 Å². The molecular formula is C14H12N2S. The van der Waals surface area contributed by atoms with Gasteiger partial charge in [0.1, 0.15) is 5.82 Å². The molecule has 1 aromatic carbocycles. The van der Waals surface area contributed by atoms with Crippen LogP contribution in [0.25, 0.3) is 16.2 Å². The lowest BCUT2D eigenvalue weighted by Gasteiger charge is -2.26. The van der Waals surface area contributed by atoms with E-state index in [2.05, 4.69) is 60.4 Å². The number of thiophene rings is 1. The van der Waals surface area contributed by atoms with Crippen molar-refractivity contribution in [1.82, 2.24) is 4.90 Å². The summed E-state index contributed by atoms with van der Waals surface area (Å²) in [6, 6.07) is 6.56. The standard InChI is InChI=1S/C14H12N2S/c1-9-14-13-10(4-3-5-11(13)17-9)8-12-15(2)6-7-16(12)14/h3-8H,1-2H3. The number of benzene rings is 1. The predicted molar refractivity (Wildman–Crippen MR) is 73.9 cm³/mol. The Balaban J connectivity index is 2.15. The van der Waals surface area contributed by atoms with Crippen LogP contribution in [0.4, 0.5) is 5.69 Å². The number of rotatable bonds is 0. The third kappa shape index (κ3) is 1.05. The van der Waals surface area contributed by atoms with Crippen LogP contribution in [0.2, 0.25) is 0 Å². The molecule has 2 aromatic rings. The van der Waals surface area contributed by atoms with Gasteiger partial charge in [-0.1, -0.05) is 12.1 Å². The van der Waals surface area contributed by atoms with E-state index in [9.17, 15) is 0 Å². The van der Waals surface area contributed by atoms with E-state index >= 15 is 0 Å². The SMILES string of the molecule is Cc1sc2cccc3c2c1N1C=CN(C)C1=C3. The number of anilines is 1. The molecule has 0 bridgehead atoms. The Morgan fingerprint density at radius 3 is 2.94 bits per heavy atom. The average molecular weight is 240 g/mol. The molecule has 2 aliphatic heterocycles. The van der Waals surface area contributed by atoms with Gasteiger partial charge in [0.05, 0.1) is 5.69 Å². The minimum atomic E-state index is 1.24. The topological polar surface area (TPSA) is 6.48 Å². The monoisotopic (exact) mass is 240 g/mol. The molecule has 84 valence electrons. The molecule has 0 N–H and O–H groups in total. The largest absolute Gasteiger partial charge is 0.336 e. The minimum Gasteiger partial charge on any atom is -0.336 e. The lowest BCUT2D eigenvalue weighted by molar-refractivity contribution is 0.589. The maximum absolute atomic E-state index is 2.29. The third-order valence-electron chi connectivity index (χ3n) is 3.46. The van der Waals surface area contributed by atoms with Gasteiger partial charge in [-0.2, -0.15) is 0 Å². The van der Waals surface area contributed by atoms with Crippen LogP contribution < -0.4 is 4.90 Å². The molecule has 0 saturated heterocycles. The predicted octanol–water partition coefficient (Wildman–Crippen LogP) is 3.74. The van der Waals surface area contributed by atoms with Crippen LogP contribution in [0.1, 0.15) is 10.4 Å². The van der Waals surface area contributed by atoms with Crippen LogP contribution >= 0.6 is 11.3 Å². The molecule has 0 amide bonds. The lowest BCUT2D eigenvalue weighted by atomic mass is 10.0. The highest BCUT2D eigenvalue weighted by molar-refractivity contribution is 7.19. The normalized spacial score (nSPS) is 16.7. The quantitative estimate of drug-likeness (QED) is 0.692. The molecule has 0 spiro atoms. The summed E-state index contributed by atoms with van der Waals surface area (Å²) < 4.78 is 1.38. The molecule has 0 saturated carbocycles. The van der Waals surface area contributed by atoms with Gasteiger partial charge in [0.15, 0.2) is 0 Å². The van der Waals surface area contributed by atoms with Crippen molar-refractivity contribution in [3.8, 4) is 0 Å². The molecule has 2 aliphatic rings. The molecule has 3 heteroatoms. The van der Waals surface area contributed by atoms with Gasteiger partial charge < -0.3 is 4.90 Å². The second-order valence-corrected chi connectivity index (χ2v) is 5.77. The fourth-order valence-corrected chi connectivity index (χ4v) is 3.77. The summed E-state index contributed by atoms with van der Waals surface area (Å²) in [6.45, 7) is 2.21. The van der Waals surface area contributed by atoms with Crippen molar-refractivity contribution in [2.75, 3.05) is 11.9 Å². The second-order valence-electron chi connectivity index (χ2n) is 4.51.